The standard InChI is InChI=1S/C20H26N2O4/c1-4-5-9-21-19(23)16-12-22(13-7-6-8-13)20(24)15-11-18(26-3)17(25-2)10-14(15)16/h10-13H,4-9H2,1-3H3,(H,21,23). The third-order valence-corrected chi connectivity index (χ3v) is 5.08. The van der Waals surface area contributed by atoms with E-state index in [9.17, 15) is 9.59 Å². The van der Waals surface area contributed by atoms with Crippen LogP contribution in [0.2, 0.25) is 0 Å². The number of carbonyl (C=O) groups excluding carboxylic acids is 1. The van der Waals surface area contributed by atoms with Crippen molar-refractivity contribution in [1.29, 1.82) is 0 Å². The molecule has 1 aromatic carbocycles. The third kappa shape index (κ3) is 3.28. The van der Waals surface area contributed by atoms with E-state index < -0.39 is 0 Å². The molecule has 6 nitrogen and oxygen atoms in total. The minimum atomic E-state index is -0.163. The molecule has 1 aliphatic rings. The maximum absolute atomic E-state index is 13.0. The summed E-state index contributed by atoms with van der Waals surface area (Å²) in [6.45, 7) is 2.70. The van der Waals surface area contributed by atoms with Crippen molar-refractivity contribution >= 4 is 16.7 Å². The zero-order valence-corrected chi connectivity index (χ0v) is 15.6. The summed E-state index contributed by atoms with van der Waals surface area (Å²) in [5.41, 5.74) is 0.416. The summed E-state index contributed by atoms with van der Waals surface area (Å²) in [6.07, 6.45) is 6.68. The number of hydrogen-bond donors (Lipinski definition) is 1. The number of carbonyl (C=O) groups is 1. The fourth-order valence-corrected chi connectivity index (χ4v) is 3.28. The van der Waals surface area contributed by atoms with Crippen molar-refractivity contribution in [3.05, 3.63) is 34.2 Å². The highest BCUT2D eigenvalue weighted by Crippen LogP contribution is 2.35. The Kier molecular flexibility index (Phi) is 5.49. The molecule has 0 atom stereocenters. The lowest BCUT2D eigenvalue weighted by Gasteiger charge is -2.28. The highest BCUT2D eigenvalue weighted by atomic mass is 16.5. The number of rotatable bonds is 7. The quantitative estimate of drug-likeness (QED) is 0.771. The van der Waals surface area contributed by atoms with E-state index in [4.69, 9.17) is 9.47 Å². The van der Waals surface area contributed by atoms with E-state index >= 15 is 0 Å². The number of ether oxygens (including phenoxy) is 2. The Bertz CT molecular complexity index is 868. The van der Waals surface area contributed by atoms with Crippen molar-refractivity contribution in [2.45, 2.75) is 45.1 Å². The monoisotopic (exact) mass is 358 g/mol. The molecule has 0 spiro atoms. The second kappa shape index (κ2) is 7.81. The van der Waals surface area contributed by atoms with Crippen LogP contribution in [0.1, 0.15) is 55.4 Å². The zero-order chi connectivity index (χ0) is 18.7. The molecule has 26 heavy (non-hydrogen) atoms. The van der Waals surface area contributed by atoms with Gasteiger partial charge in [0, 0.05) is 24.2 Å². The smallest absolute Gasteiger partial charge is 0.258 e. The number of aromatic nitrogens is 1. The highest BCUT2D eigenvalue weighted by Gasteiger charge is 2.24. The highest BCUT2D eigenvalue weighted by molar-refractivity contribution is 6.07. The topological polar surface area (TPSA) is 69.6 Å². The largest absolute Gasteiger partial charge is 0.493 e. The van der Waals surface area contributed by atoms with Crippen molar-refractivity contribution in [3.8, 4) is 11.5 Å². The van der Waals surface area contributed by atoms with Crippen molar-refractivity contribution in [1.82, 2.24) is 9.88 Å². The SMILES string of the molecule is CCCCNC(=O)c1cn(C2CCC2)c(=O)c2cc(OC)c(OC)cc12. The van der Waals surface area contributed by atoms with Crippen LogP contribution in [0.4, 0.5) is 0 Å². The van der Waals surface area contributed by atoms with E-state index in [1.165, 1.54) is 7.11 Å². The minimum absolute atomic E-state index is 0.0873. The molecule has 0 bridgehead atoms. The van der Waals surface area contributed by atoms with Crippen LogP contribution >= 0.6 is 0 Å². The Morgan fingerprint density at radius 2 is 1.85 bits per heavy atom. The van der Waals surface area contributed by atoms with Gasteiger partial charge in [-0.1, -0.05) is 13.3 Å². The van der Waals surface area contributed by atoms with Crippen molar-refractivity contribution < 1.29 is 14.3 Å². The van der Waals surface area contributed by atoms with Gasteiger partial charge < -0.3 is 19.4 Å². The van der Waals surface area contributed by atoms with Gasteiger partial charge in [-0.05, 0) is 37.8 Å². The number of nitrogens with one attached hydrogen (secondary N) is 1. The number of nitrogens with zero attached hydrogens (tertiary/aromatic N) is 1. The Balaban J connectivity index is 2.17. The number of unbranched alkanes of at least 4 members (excludes halogenated alkanes) is 1. The lowest BCUT2D eigenvalue weighted by molar-refractivity contribution is 0.0953. The van der Waals surface area contributed by atoms with E-state index in [1.54, 1.807) is 30.0 Å². The second-order valence-corrected chi connectivity index (χ2v) is 6.70. The number of fused-ring (bicyclic) bond motifs is 1. The molecule has 1 aromatic heterocycles. The van der Waals surface area contributed by atoms with Gasteiger partial charge in [0.2, 0.25) is 0 Å². The van der Waals surface area contributed by atoms with Gasteiger partial charge >= 0.3 is 0 Å². The summed E-state index contributed by atoms with van der Waals surface area (Å²) in [5, 5.41) is 4.03. The molecule has 1 aliphatic carbocycles. The summed E-state index contributed by atoms with van der Waals surface area (Å²) in [7, 11) is 3.08. The van der Waals surface area contributed by atoms with Crippen LogP contribution in [-0.2, 0) is 0 Å². The third-order valence-electron chi connectivity index (χ3n) is 5.08. The molecule has 3 rings (SSSR count). The van der Waals surface area contributed by atoms with Crippen LogP contribution in [0.25, 0.3) is 10.8 Å². The minimum Gasteiger partial charge on any atom is -0.493 e. The van der Waals surface area contributed by atoms with Crippen LogP contribution in [0.3, 0.4) is 0 Å². The van der Waals surface area contributed by atoms with Gasteiger partial charge in [-0.15, -0.1) is 0 Å². The molecule has 1 fully saturated rings. The summed E-state index contributed by atoms with van der Waals surface area (Å²) in [4.78, 5) is 25.8. The maximum atomic E-state index is 13.0. The van der Waals surface area contributed by atoms with E-state index in [-0.39, 0.29) is 17.5 Å². The average Bonchev–Trinajstić information content (AvgIpc) is 2.61. The second-order valence-electron chi connectivity index (χ2n) is 6.70. The fourth-order valence-electron chi connectivity index (χ4n) is 3.28. The molecule has 1 heterocycles. The summed E-state index contributed by atoms with van der Waals surface area (Å²) >= 11 is 0. The number of pyridine rings is 1. The van der Waals surface area contributed by atoms with Crippen LogP contribution in [0, 0.1) is 0 Å². The molecule has 0 unspecified atom stereocenters. The van der Waals surface area contributed by atoms with Crippen LogP contribution in [0.5, 0.6) is 11.5 Å². The van der Waals surface area contributed by atoms with E-state index in [0.29, 0.717) is 34.4 Å². The number of benzene rings is 1. The average molecular weight is 358 g/mol. The molecular weight excluding hydrogens is 332 g/mol. The molecule has 1 N–H and O–H groups in total. The molecule has 140 valence electrons. The van der Waals surface area contributed by atoms with Crippen LogP contribution < -0.4 is 20.3 Å². The first-order valence-electron chi connectivity index (χ1n) is 9.19. The molecule has 0 aliphatic heterocycles. The Morgan fingerprint density at radius 3 is 2.38 bits per heavy atom. The van der Waals surface area contributed by atoms with Gasteiger partial charge in [-0.3, -0.25) is 9.59 Å². The predicted molar refractivity (Wildman–Crippen MR) is 101 cm³/mol. The van der Waals surface area contributed by atoms with E-state index in [1.807, 2.05) is 0 Å². The van der Waals surface area contributed by atoms with Crippen LogP contribution in [0.15, 0.2) is 23.1 Å². The molecule has 6 heteroatoms. The maximum Gasteiger partial charge on any atom is 0.258 e. The normalized spacial score (nSPS) is 14.1. The summed E-state index contributed by atoms with van der Waals surface area (Å²) in [6, 6.07) is 3.56. The molecule has 1 amide bonds. The van der Waals surface area contributed by atoms with Gasteiger partial charge in [0.15, 0.2) is 11.5 Å². The Hall–Kier alpha value is -2.50. The molecule has 2 aromatic rings. The lowest BCUT2D eigenvalue weighted by Crippen LogP contribution is -2.32. The molecule has 0 radical (unpaired) electrons. The van der Waals surface area contributed by atoms with Gasteiger partial charge in [-0.25, -0.2) is 0 Å². The number of amides is 1. The molecular formula is C20H26N2O4. The van der Waals surface area contributed by atoms with Crippen molar-refractivity contribution in [2.24, 2.45) is 0 Å². The van der Waals surface area contributed by atoms with Crippen molar-refractivity contribution in [2.75, 3.05) is 20.8 Å². The zero-order valence-electron chi connectivity index (χ0n) is 15.6. The van der Waals surface area contributed by atoms with Gasteiger partial charge in [0.05, 0.1) is 25.2 Å². The van der Waals surface area contributed by atoms with Gasteiger partial charge in [0.1, 0.15) is 0 Å². The molecule has 0 saturated heterocycles. The molecule has 1 saturated carbocycles. The lowest BCUT2D eigenvalue weighted by atomic mass is 9.92. The number of hydrogen-bond acceptors (Lipinski definition) is 4. The fraction of sp³-hybridized carbons (Fsp3) is 0.500. The van der Waals surface area contributed by atoms with E-state index in [0.717, 1.165) is 32.1 Å². The van der Waals surface area contributed by atoms with Crippen LogP contribution in [-0.4, -0.2) is 31.2 Å². The first-order chi connectivity index (χ1) is 12.6. The Labute approximate surface area is 153 Å². The van der Waals surface area contributed by atoms with Gasteiger partial charge in [-0.2, -0.15) is 0 Å². The van der Waals surface area contributed by atoms with Crippen molar-refractivity contribution in [3.63, 3.8) is 0 Å². The summed E-state index contributed by atoms with van der Waals surface area (Å²) < 4.78 is 12.4. The Morgan fingerprint density at radius 1 is 1.19 bits per heavy atom. The first-order valence-corrected chi connectivity index (χ1v) is 9.19. The van der Waals surface area contributed by atoms with Gasteiger partial charge in [0.25, 0.3) is 11.5 Å². The summed E-state index contributed by atoms with van der Waals surface area (Å²) in [5.74, 6) is 0.827. The number of methoxy groups -OCH3 is 2. The van der Waals surface area contributed by atoms with E-state index in [2.05, 4.69) is 12.2 Å². The predicted octanol–water partition coefficient (Wildman–Crippen LogP) is 3.27. The first kappa shape index (κ1) is 18.3.